The lowest BCUT2D eigenvalue weighted by molar-refractivity contribution is -0.144. The van der Waals surface area contributed by atoms with Gasteiger partial charge in [0.1, 0.15) is 0 Å². The zero-order valence-electron chi connectivity index (χ0n) is 16.3. The Kier molecular flexibility index (Phi) is 3.90. The molecule has 2 fully saturated rings. The van der Waals surface area contributed by atoms with E-state index in [9.17, 15) is 4.79 Å². The molecule has 0 spiro atoms. The number of likely N-dealkylation sites (tertiary alicyclic amines) is 2. The van der Waals surface area contributed by atoms with Crippen molar-refractivity contribution in [1.82, 2.24) is 9.80 Å². The van der Waals surface area contributed by atoms with Crippen LogP contribution in [0.1, 0.15) is 35.1 Å². The summed E-state index contributed by atoms with van der Waals surface area (Å²) < 4.78 is 0. The van der Waals surface area contributed by atoms with Gasteiger partial charge in [0, 0.05) is 36.9 Å². The summed E-state index contributed by atoms with van der Waals surface area (Å²) in [6.45, 7) is 4.90. The normalized spacial score (nSPS) is 30.0. The molecule has 0 unspecified atom stereocenters. The fourth-order valence-corrected chi connectivity index (χ4v) is 5.88. The standard InChI is InChI=1S/C24H28N2O/c1-17-8-9-19-13-22-21-16-26(15-18-6-4-3-5-7-18)23(27)14-24(21,20(19)12-17)10-11-25(22)2/h3-9,12,21-22H,10-11,13-16H2,1-2H3/t21-,22+,24+/m0/s1. The van der Waals surface area contributed by atoms with Gasteiger partial charge in [-0.15, -0.1) is 0 Å². The third kappa shape index (κ3) is 2.63. The lowest BCUT2D eigenvalue weighted by atomic mass is 9.54. The van der Waals surface area contributed by atoms with Crippen LogP contribution in [0.4, 0.5) is 0 Å². The summed E-state index contributed by atoms with van der Waals surface area (Å²) in [7, 11) is 2.27. The molecule has 5 rings (SSSR count). The zero-order chi connectivity index (χ0) is 18.6. The lowest BCUT2D eigenvalue weighted by Crippen LogP contribution is -2.65. The summed E-state index contributed by atoms with van der Waals surface area (Å²) in [6.07, 6.45) is 2.89. The van der Waals surface area contributed by atoms with Crippen molar-refractivity contribution in [1.29, 1.82) is 0 Å². The molecule has 0 radical (unpaired) electrons. The van der Waals surface area contributed by atoms with E-state index in [0.717, 1.165) is 32.5 Å². The van der Waals surface area contributed by atoms with Crippen molar-refractivity contribution in [3.63, 3.8) is 0 Å². The first-order valence-electron chi connectivity index (χ1n) is 10.2. The van der Waals surface area contributed by atoms with Gasteiger partial charge >= 0.3 is 0 Å². The van der Waals surface area contributed by atoms with Gasteiger partial charge in [0.25, 0.3) is 0 Å². The number of aryl methyl sites for hydroxylation is 1. The van der Waals surface area contributed by atoms with E-state index >= 15 is 0 Å². The number of piperidine rings is 2. The highest BCUT2D eigenvalue weighted by Crippen LogP contribution is 2.53. The van der Waals surface area contributed by atoms with Gasteiger partial charge in [0.2, 0.25) is 5.91 Å². The van der Waals surface area contributed by atoms with Crippen LogP contribution < -0.4 is 0 Å². The molecule has 1 amide bonds. The first-order valence-corrected chi connectivity index (χ1v) is 10.2. The maximum Gasteiger partial charge on any atom is 0.223 e. The molecule has 27 heavy (non-hydrogen) atoms. The first kappa shape index (κ1) is 17.0. The van der Waals surface area contributed by atoms with Gasteiger partial charge in [-0.2, -0.15) is 0 Å². The Bertz CT molecular complexity index is 877. The van der Waals surface area contributed by atoms with Crippen molar-refractivity contribution in [2.75, 3.05) is 20.1 Å². The highest BCUT2D eigenvalue weighted by atomic mass is 16.2. The molecule has 0 aromatic heterocycles. The summed E-state index contributed by atoms with van der Waals surface area (Å²) >= 11 is 0. The quantitative estimate of drug-likeness (QED) is 0.818. The van der Waals surface area contributed by atoms with E-state index in [1.807, 2.05) is 6.07 Å². The van der Waals surface area contributed by atoms with Gasteiger partial charge in [-0.3, -0.25) is 4.79 Å². The van der Waals surface area contributed by atoms with Crippen LogP contribution in [0.5, 0.6) is 0 Å². The van der Waals surface area contributed by atoms with E-state index in [-0.39, 0.29) is 5.41 Å². The van der Waals surface area contributed by atoms with Gasteiger partial charge in [0.15, 0.2) is 0 Å². The SMILES string of the molecule is Cc1ccc2c(c1)[C@]13CCN(C)[C@H](C2)[C@@H]1CN(Cc1ccccc1)C(=O)C3. The highest BCUT2D eigenvalue weighted by molar-refractivity contribution is 5.80. The monoisotopic (exact) mass is 360 g/mol. The fraction of sp³-hybridized carbons (Fsp3) is 0.458. The second-order valence-electron chi connectivity index (χ2n) is 8.86. The number of amides is 1. The van der Waals surface area contributed by atoms with E-state index in [2.05, 4.69) is 66.2 Å². The highest BCUT2D eigenvalue weighted by Gasteiger charge is 2.56. The van der Waals surface area contributed by atoms with Crippen molar-refractivity contribution < 1.29 is 4.79 Å². The molecule has 0 saturated carbocycles. The first-order chi connectivity index (χ1) is 13.1. The molecule has 3 nitrogen and oxygen atoms in total. The van der Waals surface area contributed by atoms with Gasteiger partial charge in [-0.05, 0) is 50.0 Å². The van der Waals surface area contributed by atoms with E-state index in [1.54, 1.807) is 0 Å². The minimum absolute atomic E-state index is 0.0427. The molecule has 3 atom stereocenters. The summed E-state index contributed by atoms with van der Waals surface area (Å²) in [5, 5.41) is 0. The maximum atomic E-state index is 13.2. The molecule has 2 saturated heterocycles. The molecule has 140 valence electrons. The smallest absolute Gasteiger partial charge is 0.223 e. The minimum Gasteiger partial charge on any atom is -0.338 e. The Morgan fingerprint density at radius 1 is 1.15 bits per heavy atom. The Morgan fingerprint density at radius 2 is 1.96 bits per heavy atom. The predicted molar refractivity (Wildman–Crippen MR) is 108 cm³/mol. The molecule has 1 aliphatic carbocycles. The molecular formula is C24H28N2O. The van der Waals surface area contributed by atoms with Gasteiger partial charge < -0.3 is 9.80 Å². The second kappa shape index (κ2) is 6.20. The number of hydrogen-bond acceptors (Lipinski definition) is 2. The summed E-state index contributed by atoms with van der Waals surface area (Å²) in [5.41, 5.74) is 5.54. The number of likely N-dealkylation sites (N-methyl/N-ethyl adjacent to an activating group) is 1. The number of hydrogen-bond donors (Lipinski definition) is 0. The van der Waals surface area contributed by atoms with Crippen LogP contribution in [0.25, 0.3) is 0 Å². The number of benzene rings is 2. The van der Waals surface area contributed by atoms with Crippen LogP contribution in [-0.4, -0.2) is 41.9 Å². The van der Waals surface area contributed by atoms with Crippen LogP contribution in [0.15, 0.2) is 48.5 Å². The number of fused-ring (bicyclic) bond motifs is 1. The molecule has 2 aliphatic heterocycles. The van der Waals surface area contributed by atoms with E-state index in [0.29, 0.717) is 24.3 Å². The molecule has 3 aliphatic rings. The van der Waals surface area contributed by atoms with E-state index < -0.39 is 0 Å². The molecule has 2 bridgehead atoms. The predicted octanol–water partition coefficient (Wildman–Crippen LogP) is 3.54. The number of carbonyl (C=O) groups is 1. The molecule has 3 heteroatoms. The van der Waals surface area contributed by atoms with Crippen molar-refractivity contribution >= 4 is 5.91 Å². The van der Waals surface area contributed by atoms with Crippen LogP contribution in [0.3, 0.4) is 0 Å². The third-order valence-electron chi connectivity index (χ3n) is 7.33. The average Bonchev–Trinajstić information content (AvgIpc) is 2.67. The Morgan fingerprint density at radius 3 is 2.78 bits per heavy atom. The number of carbonyl (C=O) groups excluding carboxylic acids is 1. The zero-order valence-corrected chi connectivity index (χ0v) is 16.3. The Balaban J connectivity index is 1.53. The van der Waals surface area contributed by atoms with E-state index in [1.165, 1.54) is 22.3 Å². The van der Waals surface area contributed by atoms with Crippen molar-refractivity contribution in [3.05, 3.63) is 70.8 Å². The number of rotatable bonds is 2. The summed E-state index contributed by atoms with van der Waals surface area (Å²) in [5.74, 6) is 0.861. The third-order valence-corrected chi connectivity index (χ3v) is 7.33. The van der Waals surface area contributed by atoms with Gasteiger partial charge in [0.05, 0.1) is 0 Å². The van der Waals surface area contributed by atoms with Crippen molar-refractivity contribution in [3.8, 4) is 0 Å². The summed E-state index contributed by atoms with van der Waals surface area (Å²) in [6, 6.07) is 17.9. The van der Waals surface area contributed by atoms with Crippen molar-refractivity contribution in [2.24, 2.45) is 5.92 Å². The molecule has 2 aromatic rings. The Hall–Kier alpha value is -2.13. The minimum atomic E-state index is 0.0427. The van der Waals surface area contributed by atoms with Crippen molar-refractivity contribution in [2.45, 2.75) is 44.2 Å². The average molecular weight is 361 g/mol. The fourth-order valence-electron chi connectivity index (χ4n) is 5.88. The lowest BCUT2D eigenvalue weighted by Gasteiger charge is -2.59. The van der Waals surface area contributed by atoms with Gasteiger partial charge in [-0.1, -0.05) is 54.1 Å². The topological polar surface area (TPSA) is 23.6 Å². The van der Waals surface area contributed by atoms with Crippen LogP contribution in [-0.2, 0) is 23.2 Å². The second-order valence-corrected chi connectivity index (χ2v) is 8.86. The van der Waals surface area contributed by atoms with Crippen LogP contribution >= 0.6 is 0 Å². The Labute approximate surface area is 162 Å². The van der Waals surface area contributed by atoms with Crippen LogP contribution in [0, 0.1) is 12.8 Å². The number of nitrogens with zero attached hydrogens (tertiary/aromatic N) is 2. The molecular weight excluding hydrogens is 332 g/mol. The largest absolute Gasteiger partial charge is 0.338 e. The summed E-state index contributed by atoms with van der Waals surface area (Å²) in [4.78, 5) is 17.9. The van der Waals surface area contributed by atoms with E-state index in [4.69, 9.17) is 0 Å². The maximum absolute atomic E-state index is 13.2. The van der Waals surface area contributed by atoms with Crippen LogP contribution in [0.2, 0.25) is 0 Å². The van der Waals surface area contributed by atoms with Gasteiger partial charge in [-0.25, -0.2) is 0 Å². The molecule has 2 aromatic carbocycles. The molecule has 0 N–H and O–H groups in total. The molecule has 2 heterocycles.